The number of amides is 1. The Morgan fingerprint density at radius 1 is 1.00 bits per heavy atom. The summed E-state index contributed by atoms with van der Waals surface area (Å²) in [6, 6.07) is 12.7. The second-order valence-electron chi connectivity index (χ2n) is 6.28. The zero-order valence-electron chi connectivity index (χ0n) is 15.2. The number of carbonyl (C=O) groups excluding carboxylic acids is 2. The number of unbranched alkanes of at least 4 members (excludes halogenated alkanes) is 2. The van der Waals surface area contributed by atoms with Crippen molar-refractivity contribution in [2.45, 2.75) is 32.7 Å². The van der Waals surface area contributed by atoms with Crippen molar-refractivity contribution in [2.75, 3.05) is 18.6 Å². The molecule has 0 radical (unpaired) electrons. The van der Waals surface area contributed by atoms with Crippen LogP contribution >= 0.6 is 0 Å². The van der Waals surface area contributed by atoms with Gasteiger partial charge in [-0.05, 0) is 36.2 Å². The van der Waals surface area contributed by atoms with Crippen LogP contribution in [0.25, 0.3) is 0 Å². The fourth-order valence-corrected chi connectivity index (χ4v) is 3.05. The number of ether oxygens (including phenoxy) is 2. The molecule has 0 N–H and O–H groups in total. The SMILES string of the molecule is CCCCCOc1ccc(CN2C(=O)C(=O)c3ccccc32)cc1OC. The summed E-state index contributed by atoms with van der Waals surface area (Å²) in [5, 5.41) is 0. The van der Waals surface area contributed by atoms with Crippen LogP contribution in [0.15, 0.2) is 42.5 Å². The van der Waals surface area contributed by atoms with Gasteiger partial charge in [0.15, 0.2) is 11.5 Å². The Morgan fingerprint density at radius 2 is 1.81 bits per heavy atom. The number of Topliss-reactive ketones (excluding diaryl/α,β-unsaturated/α-hetero) is 1. The van der Waals surface area contributed by atoms with E-state index in [1.54, 1.807) is 25.3 Å². The van der Waals surface area contributed by atoms with Crippen LogP contribution in [0, 0.1) is 0 Å². The van der Waals surface area contributed by atoms with E-state index in [0.29, 0.717) is 35.9 Å². The Morgan fingerprint density at radius 3 is 2.58 bits per heavy atom. The molecule has 26 heavy (non-hydrogen) atoms. The van der Waals surface area contributed by atoms with Crippen LogP contribution in [0.5, 0.6) is 11.5 Å². The van der Waals surface area contributed by atoms with E-state index < -0.39 is 11.7 Å². The molecule has 3 rings (SSSR count). The Hall–Kier alpha value is -2.82. The molecule has 2 aromatic rings. The highest BCUT2D eigenvalue weighted by molar-refractivity contribution is 6.52. The molecular weight excluding hydrogens is 330 g/mol. The highest BCUT2D eigenvalue weighted by Crippen LogP contribution is 2.33. The van der Waals surface area contributed by atoms with E-state index in [1.165, 1.54) is 4.90 Å². The maximum absolute atomic E-state index is 12.3. The average Bonchev–Trinajstić information content (AvgIpc) is 2.91. The second kappa shape index (κ2) is 8.04. The number of hydrogen-bond acceptors (Lipinski definition) is 4. The first-order valence-electron chi connectivity index (χ1n) is 8.90. The normalized spacial score (nSPS) is 13.1. The van der Waals surface area contributed by atoms with Crippen LogP contribution in [0.1, 0.15) is 42.1 Å². The second-order valence-corrected chi connectivity index (χ2v) is 6.28. The molecule has 0 saturated carbocycles. The molecule has 0 aliphatic carbocycles. The molecule has 0 atom stereocenters. The average molecular weight is 353 g/mol. The number of carbonyl (C=O) groups is 2. The van der Waals surface area contributed by atoms with Gasteiger partial charge < -0.3 is 14.4 Å². The van der Waals surface area contributed by atoms with Crippen molar-refractivity contribution in [1.29, 1.82) is 0 Å². The topological polar surface area (TPSA) is 55.8 Å². The van der Waals surface area contributed by atoms with Crippen molar-refractivity contribution in [2.24, 2.45) is 0 Å². The van der Waals surface area contributed by atoms with Crippen LogP contribution in [0.4, 0.5) is 5.69 Å². The minimum absolute atomic E-state index is 0.314. The third-order valence-corrected chi connectivity index (χ3v) is 4.45. The highest BCUT2D eigenvalue weighted by atomic mass is 16.5. The van der Waals surface area contributed by atoms with Crippen molar-refractivity contribution in [3.63, 3.8) is 0 Å². The lowest BCUT2D eigenvalue weighted by molar-refractivity contribution is -0.114. The first-order chi connectivity index (χ1) is 12.7. The summed E-state index contributed by atoms with van der Waals surface area (Å²) in [5.74, 6) is 0.371. The van der Waals surface area contributed by atoms with E-state index in [2.05, 4.69) is 6.92 Å². The monoisotopic (exact) mass is 353 g/mol. The minimum atomic E-state index is -0.495. The van der Waals surface area contributed by atoms with E-state index >= 15 is 0 Å². The molecule has 0 unspecified atom stereocenters. The van der Waals surface area contributed by atoms with Crippen molar-refractivity contribution < 1.29 is 19.1 Å². The molecular formula is C21H23NO4. The number of benzene rings is 2. The molecule has 5 heteroatoms. The number of rotatable bonds is 8. The first-order valence-corrected chi connectivity index (χ1v) is 8.90. The molecule has 1 aliphatic rings. The lowest BCUT2D eigenvalue weighted by Gasteiger charge is -2.18. The number of anilines is 1. The number of methoxy groups -OCH3 is 1. The number of hydrogen-bond donors (Lipinski definition) is 0. The summed E-state index contributed by atoms with van der Waals surface area (Å²) < 4.78 is 11.2. The predicted molar refractivity (Wildman–Crippen MR) is 100.0 cm³/mol. The lowest BCUT2D eigenvalue weighted by atomic mass is 10.1. The van der Waals surface area contributed by atoms with Gasteiger partial charge in [0, 0.05) is 0 Å². The fraction of sp³-hybridized carbons (Fsp3) is 0.333. The van der Waals surface area contributed by atoms with Gasteiger partial charge >= 0.3 is 0 Å². The van der Waals surface area contributed by atoms with Gasteiger partial charge in [-0.3, -0.25) is 9.59 Å². The molecule has 1 amide bonds. The van der Waals surface area contributed by atoms with E-state index in [0.717, 1.165) is 24.8 Å². The van der Waals surface area contributed by atoms with Gasteiger partial charge in [-0.1, -0.05) is 38.0 Å². The molecule has 0 aromatic heterocycles. The fourth-order valence-electron chi connectivity index (χ4n) is 3.05. The Balaban J connectivity index is 1.76. The van der Waals surface area contributed by atoms with Crippen LogP contribution in [0.2, 0.25) is 0 Å². The molecule has 5 nitrogen and oxygen atoms in total. The number of ketones is 1. The zero-order chi connectivity index (χ0) is 18.5. The van der Waals surface area contributed by atoms with Crippen LogP contribution in [-0.2, 0) is 11.3 Å². The predicted octanol–water partition coefficient (Wildman–Crippen LogP) is 3.99. The standard InChI is InChI=1S/C21H23NO4/c1-3-4-7-12-26-18-11-10-15(13-19(18)25-2)14-22-17-9-6-5-8-16(17)20(23)21(22)24/h5-6,8-11,13H,3-4,7,12,14H2,1-2H3. The summed E-state index contributed by atoms with van der Waals surface area (Å²) >= 11 is 0. The molecule has 0 saturated heterocycles. The Bertz CT molecular complexity index is 815. The first kappa shape index (κ1) is 18.0. The number of nitrogens with zero attached hydrogens (tertiary/aromatic N) is 1. The molecule has 0 bridgehead atoms. The molecule has 1 heterocycles. The molecule has 136 valence electrons. The molecule has 0 fully saturated rings. The summed E-state index contributed by atoms with van der Waals surface area (Å²) in [5.41, 5.74) is 1.99. The van der Waals surface area contributed by atoms with E-state index in [9.17, 15) is 9.59 Å². The zero-order valence-corrected chi connectivity index (χ0v) is 15.2. The number of fused-ring (bicyclic) bond motifs is 1. The minimum Gasteiger partial charge on any atom is -0.493 e. The van der Waals surface area contributed by atoms with E-state index in [1.807, 2.05) is 24.3 Å². The maximum Gasteiger partial charge on any atom is 0.299 e. The van der Waals surface area contributed by atoms with Crippen molar-refractivity contribution in [1.82, 2.24) is 0 Å². The summed E-state index contributed by atoms with van der Waals surface area (Å²) in [6.45, 7) is 3.11. The van der Waals surface area contributed by atoms with Crippen molar-refractivity contribution >= 4 is 17.4 Å². The summed E-state index contributed by atoms with van der Waals surface area (Å²) in [7, 11) is 1.60. The molecule has 1 aliphatic heterocycles. The van der Waals surface area contributed by atoms with Crippen LogP contribution < -0.4 is 14.4 Å². The third kappa shape index (κ3) is 3.57. The smallest absolute Gasteiger partial charge is 0.299 e. The van der Waals surface area contributed by atoms with Crippen LogP contribution in [-0.4, -0.2) is 25.4 Å². The number of para-hydroxylation sites is 1. The third-order valence-electron chi connectivity index (χ3n) is 4.45. The van der Waals surface area contributed by atoms with Gasteiger partial charge in [0.1, 0.15) is 0 Å². The maximum atomic E-state index is 12.3. The Kier molecular flexibility index (Phi) is 5.56. The summed E-state index contributed by atoms with van der Waals surface area (Å²) in [6.07, 6.45) is 3.27. The highest BCUT2D eigenvalue weighted by Gasteiger charge is 2.35. The molecule has 2 aromatic carbocycles. The largest absolute Gasteiger partial charge is 0.493 e. The van der Waals surface area contributed by atoms with Crippen molar-refractivity contribution in [3.05, 3.63) is 53.6 Å². The van der Waals surface area contributed by atoms with Gasteiger partial charge in [0.25, 0.3) is 11.7 Å². The van der Waals surface area contributed by atoms with Gasteiger partial charge in [-0.2, -0.15) is 0 Å². The van der Waals surface area contributed by atoms with Gasteiger partial charge in [0.2, 0.25) is 0 Å². The summed E-state index contributed by atoms with van der Waals surface area (Å²) in [4.78, 5) is 25.9. The van der Waals surface area contributed by atoms with Crippen LogP contribution in [0.3, 0.4) is 0 Å². The lowest BCUT2D eigenvalue weighted by Crippen LogP contribution is -2.29. The van der Waals surface area contributed by atoms with Gasteiger partial charge in [0.05, 0.1) is 31.5 Å². The quantitative estimate of drug-likeness (QED) is 0.532. The van der Waals surface area contributed by atoms with Crippen molar-refractivity contribution in [3.8, 4) is 11.5 Å². The van der Waals surface area contributed by atoms with E-state index in [4.69, 9.17) is 9.47 Å². The Labute approximate surface area is 153 Å². The van der Waals surface area contributed by atoms with E-state index in [-0.39, 0.29) is 0 Å². The van der Waals surface area contributed by atoms with Gasteiger partial charge in [-0.25, -0.2) is 0 Å². The molecule has 0 spiro atoms. The van der Waals surface area contributed by atoms with Gasteiger partial charge in [-0.15, -0.1) is 0 Å².